The molecule has 1 aromatic carbocycles. The van der Waals surface area contributed by atoms with Crippen LogP contribution in [0.25, 0.3) is 0 Å². The first kappa shape index (κ1) is 16.0. The number of hydrogen-bond donors (Lipinski definition) is 2. The van der Waals surface area contributed by atoms with Crippen molar-refractivity contribution in [1.82, 2.24) is 5.32 Å². The Kier molecular flexibility index (Phi) is 5.03. The lowest BCUT2D eigenvalue weighted by Gasteiger charge is -2.22. The minimum absolute atomic E-state index is 0.0988. The Bertz CT molecular complexity index is 606. The van der Waals surface area contributed by atoms with Crippen molar-refractivity contribution >= 4 is 11.3 Å². The molecule has 6 heteroatoms. The van der Waals surface area contributed by atoms with Crippen molar-refractivity contribution in [3.05, 3.63) is 57.0 Å². The van der Waals surface area contributed by atoms with Gasteiger partial charge in [-0.05, 0) is 48.6 Å². The molecule has 2 rings (SSSR count). The third-order valence-electron chi connectivity index (χ3n) is 3.34. The number of aliphatic hydroxyl groups is 1. The first-order valence-electron chi connectivity index (χ1n) is 6.49. The molecule has 2 atom stereocenters. The fraction of sp³-hybridized carbons (Fsp3) is 0.333. The van der Waals surface area contributed by atoms with E-state index in [1.54, 1.807) is 11.3 Å². The third kappa shape index (κ3) is 3.45. The Balaban J connectivity index is 2.22. The third-order valence-corrected chi connectivity index (χ3v) is 4.54. The summed E-state index contributed by atoms with van der Waals surface area (Å²) in [4.78, 5) is 1.08. The van der Waals surface area contributed by atoms with E-state index >= 15 is 0 Å². The molecule has 0 aliphatic heterocycles. The molecule has 2 aromatic rings. The van der Waals surface area contributed by atoms with Crippen molar-refractivity contribution in [3.8, 4) is 0 Å². The molecule has 0 amide bonds. The summed E-state index contributed by atoms with van der Waals surface area (Å²) in [5.74, 6) is -4.02. The molecule has 0 spiro atoms. The van der Waals surface area contributed by atoms with Crippen LogP contribution in [0.4, 0.5) is 13.2 Å². The van der Waals surface area contributed by atoms with Crippen molar-refractivity contribution < 1.29 is 18.3 Å². The molecule has 0 aliphatic carbocycles. The number of aliphatic hydroxyl groups excluding tert-OH is 1. The lowest BCUT2D eigenvalue weighted by Crippen LogP contribution is -2.27. The molecule has 0 fully saturated rings. The summed E-state index contributed by atoms with van der Waals surface area (Å²) in [6.45, 7) is 3.52. The zero-order chi connectivity index (χ0) is 15.6. The second kappa shape index (κ2) is 6.60. The van der Waals surface area contributed by atoms with Crippen LogP contribution in [-0.4, -0.2) is 11.7 Å². The van der Waals surface area contributed by atoms with Gasteiger partial charge in [-0.25, -0.2) is 13.2 Å². The van der Waals surface area contributed by atoms with Gasteiger partial charge in [0, 0.05) is 10.9 Å². The van der Waals surface area contributed by atoms with E-state index in [0.29, 0.717) is 0 Å². The molecule has 0 saturated carbocycles. The van der Waals surface area contributed by atoms with Gasteiger partial charge in [0.15, 0.2) is 17.5 Å². The molecule has 114 valence electrons. The smallest absolute Gasteiger partial charge is 0.194 e. The Labute approximate surface area is 125 Å². The van der Waals surface area contributed by atoms with Gasteiger partial charge in [-0.3, -0.25) is 0 Å². The highest BCUT2D eigenvalue weighted by Crippen LogP contribution is 2.27. The van der Waals surface area contributed by atoms with Crippen molar-refractivity contribution in [3.63, 3.8) is 0 Å². The number of halogens is 3. The molecular formula is C15H16F3NOS. The zero-order valence-electron chi connectivity index (χ0n) is 11.7. The van der Waals surface area contributed by atoms with E-state index in [1.807, 2.05) is 25.3 Å². The standard InChI is InChI=1S/C15H16F3NOS/c1-8-3-4-21-15(8)9(2)19-13(7-20)10-5-11(16)14(18)12(17)6-10/h3-6,9,13,19-20H,7H2,1-2H3. The van der Waals surface area contributed by atoms with E-state index in [1.165, 1.54) is 0 Å². The van der Waals surface area contributed by atoms with E-state index in [9.17, 15) is 18.3 Å². The molecule has 2 N–H and O–H groups in total. The highest BCUT2D eigenvalue weighted by Gasteiger charge is 2.20. The van der Waals surface area contributed by atoms with Gasteiger partial charge in [0.05, 0.1) is 12.6 Å². The molecular weight excluding hydrogens is 299 g/mol. The molecule has 2 unspecified atom stereocenters. The SMILES string of the molecule is Cc1ccsc1C(C)NC(CO)c1cc(F)c(F)c(F)c1. The summed E-state index contributed by atoms with van der Waals surface area (Å²) in [5.41, 5.74) is 1.28. The van der Waals surface area contributed by atoms with E-state index in [-0.39, 0.29) is 18.2 Å². The number of nitrogens with one attached hydrogen (secondary N) is 1. The topological polar surface area (TPSA) is 32.3 Å². The Morgan fingerprint density at radius 2 is 1.86 bits per heavy atom. The summed E-state index contributed by atoms with van der Waals surface area (Å²) >= 11 is 1.56. The van der Waals surface area contributed by atoms with Crippen LogP contribution in [-0.2, 0) is 0 Å². The lowest BCUT2D eigenvalue weighted by atomic mass is 10.0. The largest absolute Gasteiger partial charge is 0.394 e. The maximum Gasteiger partial charge on any atom is 0.194 e. The van der Waals surface area contributed by atoms with Crippen LogP contribution in [0.2, 0.25) is 0 Å². The summed E-state index contributed by atoms with van der Waals surface area (Å²) in [5, 5.41) is 14.5. The number of benzene rings is 1. The molecule has 0 bridgehead atoms. The highest BCUT2D eigenvalue weighted by atomic mass is 32.1. The van der Waals surface area contributed by atoms with E-state index in [0.717, 1.165) is 22.6 Å². The Morgan fingerprint density at radius 3 is 2.33 bits per heavy atom. The van der Waals surface area contributed by atoms with Crippen LogP contribution in [0.15, 0.2) is 23.6 Å². The molecule has 0 saturated heterocycles. The fourth-order valence-corrected chi connectivity index (χ4v) is 3.18. The monoisotopic (exact) mass is 315 g/mol. The maximum absolute atomic E-state index is 13.3. The van der Waals surface area contributed by atoms with Crippen LogP contribution >= 0.6 is 11.3 Å². The van der Waals surface area contributed by atoms with Gasteiger partial charge >= 0.3 is 0 Å². The average molecular weight is 315 g/mol. The summed E-state index contributed by atoms with van der Waals surface area (Å²) in [6.07, 6.45) is 0. The number of rotatable bonds is 5. The molecule has 0 radical (unpaired) electrons. The molecule has 2 nitrogen and oxygen atoms in total. The Morgan fingerprint density at radius 1 is 1.24 bits per heavy atom. The number of aryl methyl sites for hydroxylation is 1. The van der Waals surface area contributed by atoms with Crippen molar-refractivity contribution in [2.24, 2.45) is 0 Å². The van der Waals surface area contributed by atoms with Gasteiger partial charge in [0.1, 0.15) is 0 Å². The summed E-state index contributed by atoms with van der Waals surface area (Å²) < 4.78 is 39.6. The first-order valence-corrected chi connectivity index (χ1v) is 7.37. The predicted molar refractivity (Wildman–Crippen MR) is 76.7 cm³/mol. The second-order valence-electron chi connectivity index (χ2n) is 4.89. The second-order valence-corrected chi connectivity index (χ2v) is 5.84. The molecule has 21 heavy (non-hydrogen) atoms. The van der Waals surface area contributed by atoms with Crippen molar-refractivity contribution in [2.45, 2.75) is 25.9 Å². The minimum Gasteiger partial charge on any atom is -0.394 e. The van der Waals surface area contributed by atoms with Gasteiger partial charge in [-0.15, -0.1) is 11.3 Å². The van der Waals surface area contributed by atoms with E-state index in [4.69, 9.17) is 0 Å². The van der Waals surface area contributed by atoms with E-state index in [2.05, 4.69) is 5.32 Å². The van der Waals surface area contributed by atoms with Gasteiger partial charge in [-0.1, -0.05) is 0 Å². The van der Waals surface area contributed by atoms with Gasteiger partial charge in [0.25, 0.3) is 0 Å². The molecule has 0 aliphatic rings. The van der Waals surface area contributed by atoms with Crippen LogP contribution in [0.3, 0.4) is 0 Å². The first-order chi connectivity index (χ1) is 9.93. The van der Waals surface area contributed by atoms with Gasteiger partial charge in [-0.2, -0.15) is 0 Å². The zero-order valence-corrected chi connectivity index (χ0v) is 12.5. The molecule has 1 aromatic heterocycles. The highest BCUT2D eigenvalue weighted by molar-refractivity contribution is 7.10. The van der Waals surface area contributed by atoms with Crippen LogP contribution in [0.1, 0.15) is 35.0 Å². The van der Waals surface area contributed by atoms with Crippen LogP contribution < -0.4 is 5.32 Å². The summed E-state index contributed by atoms with van der Waals surface area (Å²) in [7, 11) is 0. The van der Waals surface area contributed by atoms with Crippen LogP contribution in [0, 0.1) is 24.4 Å². The number of hydrogen-bond acceptors (Lipinski definition) is 3. The predicted octanol–water partition coefficient (Wildman–Crippen LogP) is 3.86. The minimum atomic E-state index is -1.50. The maximum atomic E-state index is 13.3. The fourth-order valence-electron chi connectivity index (χ4n) is 2.24. The van der Waals surface area contributed by atoms with Crippen molar-refractivity contribution in [2.75, 3.05) is 6.61 Å². The lowest BCUT2D eigenvalue weighted by molar-refractivity contribution is 0.235. The average Bonchev–Trinajstić information content (AvgIpc) is 2.87. The van der Waals surface area contributed by atoms with Gasteiger partial charge in [0.2, 0.25) is 0 Å². The normalized spacial score (nSPS) is 14.2. The van der Waals surface area contributed by atoms with E-state index < -0.39 is 23.5 Å². The quantitative estimate of drug-likeness (QED) is 0.821. The number of thiophene rings is 1. The van der Waals surface area contributed by atoms with Gasteiger partial charge < -0.3 is 10.4 Å². The van der Waals surface area contributed by atoms with Crippen LogP contribution in [0.5, 0.6) is 0 Å². The summed E-state index contributed by atoms with van der Waals surface area (Å²) in [6, 6.07) is 3.01. The van der Waals surface area contributed by atoms with Crippen molar-refractivity contribution in [1.29, 1.82) is 0 Å². The Hall–Kier alpha value is -1.37. The molecule has 1 heterocycles.